The fourth-order valence-electron chi connectivity index (χ4n) is 1.29. The number of nitrogens with zero attached hydrogens (tertiary/aromatic N) is 1. The van der Waals surface area contributed by atoms with Crippen molar-refractivity contribution >= 4 is 27.9 Å². The van der Waals surface area contributed by atoms with Crippen LogP contribution in [0.25, 0.3) is 0 Å². The third kappa shape index (κ3) is 3.71. The number of carbonyl (C=O) groups is 2. The van der Waals surface area contributed by atoms with Gasteiger partial charge in [-0.2, -0.15) is 0 Å². The Balaban J connectivity index is 2.64. The molecule has 0 spiro atoms. The van der Waals surface area contributed by atoms with Crippen molar-refractivity contribution in [2.45, 2.75) is 32.6 Å². The van der Waals surface area contributed by atoms with Crippen LogP contribution in [0.4, 0.5) is 4.79 Å². The first kappa shape index (κ1) is 14.0. The predicted octanol–water partition coefficient (Wildman–Crippen LogP) is 0.908. The number of aliphatic hydroxyl groups is 1. The second-order valence-electron chi connectivity index (χ2n) is 4.58. The van der Waals surface area contributed by atoms with Crippen LogP contribution in [-0.2, 0) is 9.53 Å². The van der Waals surface area contributed by atoms with Crippen LogP contribution in [0.2, 0.25) is 0 Å². The van der Waals surface area contributed by atoms with E-state index in [0.717, 1.165) is 4.90 Å². The van der Waals surface area contributed by atoms with Gasteiger partial charge in [0.25, 0.3) is 0 Å². The van der Waals surface area contributed by atoms with Crippen LogP contribution in [0, 0.1) is 0 Å². The molecule has 0 radical (unpaired) electrons. The van der Waals surface area contributed by atoms with Crippen molar-refractivity contribution in [2.75, 3.05) is 6.54 Å². The van der Waals surface area contributed by atoms with Gasteiger partial charge < -0.3 is 15.2 Å². The van der Waals surface area contributed by atoms with Crippen molar-refractivity contribution < 1.29 is 19.4 Å². The lowest BCUT2D eigenvalue weighted by atomic mass is 10.2. The predicted molar refractivity (Wildman–Crippen MR) is 64.1 cm³/mol. The van der Waals surface area contributed by atoms with E-state index in [9.17, 15) is 14.7 Å². The fourth-order valence-corrected chi connectivity index (χ4v) is 1.64. The maximum absolute atomic E-state index is 11.5. The molecule has 17 heavy (non-hydrogen) atoms. The van der Waals surface area contributed by atoms with Gasteiger partial charge in [-0.3, -0.25) is 9.69 Å². The second-order valence-corrected chi connectivity index (χ2v) is 5.04. The van der Waals surface area contributed by atoms with E-state index in [1.165, 1.54) is 4.99 Å². The van der Waals surface area contributed by atoms with Crippen LogP contribution in [0.5, 0.6) is 0 Å². The Hall–Kier alpha value is -1.08. The molecular formula is C10H15BrN2O4. The van der Waals surface area contributed by atoms with E-state index >= 15 is 0 Å². The first-order valence-corrected chi connectivity index (χ1v) is 5.94. The molecule has 7 heteroatoms. The molecule has 0 aromatic heterocycles. The van der Waals surface area contributed by atoms with Gasteiger partial charge in [-0.15, -0.1) is 0 Å². The fraction of sp³-hybridized carbons (Fsp3) is 0.600. The average Bonchev–Trinajstić information content (AvgIpc) is 2.42. The average molecular weight is 307 g/mol. The molecule has 1 atom stereocenters. The van der Waals surface area contributed by atoms with Gasteiger partial charge in [0.2, 0.25) is 0 Å². The lowest BCUT2D eigenvalue weighted by Crippen LogP contribution is -2.40. The van der Waals surface area contributed by atoms with Gasteiger partial charge in [-0.05, 0) is 20.8 Å². The molecule has 1 rings (SSSR count). The number of ether oxygens (including phenoxy) is 1. The molecule has 6 nitrogen and oxygen atoms in total. The molecular weight excluding hydrogens is 292 g/mol. The Morgan fingerprint density at radius 1 is 1.65 bits per heavy atom. The number of nitrogens with one attached hydrogen (secondary N) is 1. The summed E-state index contributed by atoms with van der Waals surface area (Å²) in [7, 11) is 0. The standard InChI is InChI=1S/C10H15BrN2O4/c1-10(2,3)17-7(14)5-13-8(15)6(4-11)12-9(13)16/h4,8,15H,5H2,1-3H3,(H,12,16)/b6-4-. The van der Waals surface area contributed by atoms with Crippen LogP contribution >= 0.6 is 15.9 Å². The number of halogens is 1. The SMILES string of the molecule is CC(C)(C)OC(=O)CN1C(=O)N/C(=C\Br)C1O. The molecule has 1 saturated heterocycles. The highest BCUT2D eigenvalue weighted by molar-refractivity contribution is 9.11. The van der Waals surface area contributed by atoms with Crippen LogP contribution in [-0.4, -0.2) is 40.4 Å². The number of urea groups is 1. The van der Waals surface area contributed by atoms with E-state index in [2.05, 4.69) is 21.2 Å². The summed E-state index contributed by atoms with van der Waals surface area (Å²) in [5.41, 5.74) is -0.328. The highest BCUT2D eigenvalue weighted by atomic mass is 79.9. The van der Waals surface area contributed by atoms with Crippen LogP contribution in [0.15, 0.2) is 10.7 Å². The van der Waals surface area contributed by atoms with Gasteiger partial charge in [0.05, 0.1) is 5.70 Å². The minimum Gasteiger partial charge on any atom is -0.459 e. The van der Waals surface area contributed by atoms with Crippen molar-refractivity contribution in [3.8, 4) is 0 Å². The molecule has 0 aliphatic carbocycles. The lowest BCUT2D eigenvalue weighted by molar-refractivity contribution is -0.156. The number of hydrogen-bond donors (Lipinski definition) is 2. The van der Waals surface area contributed by atoms with Crippen LogP contribution < -0.4 is 5.32 Å². The Morgan fingerprint density at radius 3 is 2.65 bits per heavy atom. The molecule has 0 saturated carbocycles. The first-order valence-electron chi connectivity index (χ1n) is 5.02. The van der Waals surface area contributed by atoms with E-state index in [1.807, 2.05) is 0 Å². The Bertz CT molecular complexity index is 362. The van der Waals surface area contributed by atoms with Crippen molar-refractivity contribution in [3.63, 3.8) is 0 Å². The molecule has 1 aliphatic rings. The molecule has 1 fully saturated rings. The summed E-state index contributed by atoms with van der Waals surface area (Å²) in [4.78, 5) is 25.3. The third-order valence-corrected chi connectivity index (χ3v) is 2.42. The van der Waals surface area contributed by atoms with Gasteiger partial charge in [-0.25, -0.2) is 4.79 Å². The molecule has 0 aromatic carbocycles. The molecule has 96 valence electrons. The molecule has 0 aromatic rings. The molecule has 1 heterocycles. The number of aliphatic hydroxyl groups excluding tert-OH is 1. The highest BCUT2D eigenvalue weighted by Gasteiger charge is 2.35. The monoisotopic (exact) mass is 306 g/mol. The van der Waals surface area contributed by atoms with E-state index in [-0.39, 0.29) is 6.54 Å². The van der Waals surface area contributed by atoms with Crippen molar-refractivity contribution in [1.82, 2.24) is 10.2 Å². The number of carbonyl (C=O) groups excluding carboxylic acids is 2. The Labute approximate surface area is 108 Å². The smallest absolute Gasteiger partial charge is 0.326 e. The van der Waals surface area contributed by atoms with Gasteiger partial charge in [0.15, 0.2) is 6.23 Å². The van der Waals surface area contributed by atoms with Crippen molar-refractivity contribution in [1.29, 1.82) is 0 Å². The van der Waals surface area contributed by atoms with Gasteiger partial charge in [0.1, 0.15) is 12.1 Å². The summed E-state index contributed by atoms with van der Waals surface area (Å²) in [5.74, 6) is -0.567. The molecule has 2 N–H and O–H groups in total. The summed E-state index contributed by atoms with van der Waals surface area (Å²) < 4.78 is 5.06. The first-order chi connectivity index (χ1) is 7.74. The minimum atomic E-state index is -1.16. The zero-order chi connectivity index (χ0) is 13.2. The third-order valence-electron chi connectivity index (χ3n) is 1.92. The highest BCUT2D eigenvalue weighted by Crippen LogP contribution is 2.16. The van der Waals surface area contributed by atoms with Crippen molar-refractivity contribution in [3.05, 3.63) is 10.7 Å². The molecule has 0 bridgehead atoms. The van der Waals surface area contributed by atoms with Gasteiger partial charge in [-0.1, -0.05) is 15.9 Å². The van der Waals surface area contributed by atoms with E-state index in [4.69, 9.17) is 4.74 Å². The topological polar surface area (TPSA) is 78.9 Å². The second kappa shape index (κ2) is 5.05. The van der Waals surface area contributed by atoms with Gasteiger partial charge in [0, 0.05) is 4.99 Å². The molecule has 1 unspecified atom stereocenters. The quantitative estimate of drug-likeness (QED) is 0.743. The van der Waals surface area contributed by atoms with Crippen molar-refractivity contribution in [2.24, 2.45) is 0 Å². The zero-order valence-electron chi connectivity index (χ0n) is 9.86. The summed E-state index contributed by atoms with van der Waals surface area (Å²) in [6, 6.07) is -0.533. The Morgan fingerprint density at radius 2 is 2.24 bits per heavy atom. The largest absolute Gasteiger partial charge is 0.459 e. The summed E-state index contributed by atoms with van der Waals surface area (Å²) >= 11 is 3.01. The molecule has 1 aliphatic heterocycles. The number of hydrogen-bond acceptors (Lipinski definition) is 4. The number of amides is 2. The number of esters is 1. The maximum atomic E-state index is 11.5. The summed E-state index contributed by atoms with van der Waals surface area (Å²) in [6.07, 6.45) is -1.16. The van der Waals surface area contributed by atoms with Gasteiger partial charge >= 0.3 is 12.0 Å². The van der Waals surface area contributed by atoms with E-state index in [1.54, 1.807) is 20.8 Å². The lowest BCUT2D eigenvalue weighted by Gasteiger charge is -2.23. The normalized spacial score (nSPS) is 22.9. The Kier molecular flexibility index (Phi) is 4.16. The molecule has 2 amide bonds. The minimum absolute atomic E-state index is 0.290. The van der Waals surface area contributed by atoms with Crippen LogP contribution in [0.3, 0.4) is 0 Å². The van der Waals surface area contributed by atoms with E-state index in [0.29, 0.717) is 5.70 Å². The maximum Gasteiger partial charge on any atom is 0.326 e. The summed E-state index contributed by atoms with van der Waals surface area (Å²) in [6.45, 7) is 4.90. The number of rotatable bonds is 2. The zero-order valence-corrected chi connectivity index (χ0v) is 11.4. The summed E-state index contributed by atoms with van der Waals surface area (Å²) in [5, 5.41) is 12.1. The van der Waals surface area contributed by atoms with E-state index < -0.39 is 23.8 Å². The van der Waals surface area contributed by atoms with Crippen LogP contribution in [0.1, 0.15) is 20.8 Å².